The van der Waals surface area contributed by atoms with Crippen LogP contribution in [0, 0.1) is 5.92 Å². The van der Waals surface area contributed by atoms with Crippen LogP contribution in [0.25, 0.3) is 0 Å². The maximum atomic E-state index is 6.24. The molecule has 4 nitrogen and oxygen atoms in total. The summed E-state index contributed by atoms with van der Waals surface area (Å²) in [6.45, 7) is 4.46. The summed E-state index contributed by atoms with van der Waals surface area (Å²) in [5.74, 6) is 0.837. The fourth-order valence-electron chi connectivity index (χ4n) is 3.50. The van der Waals surface area contributed by atoms with Gasteiger partial charge < -0.3 is 5.73 Å². The smallest absolute Gasteiger partial charge is 0.0538 e. The molecule has 1 aliphatic carbocycles. The molecule has 4 heteroatoms. The Hall–Kier alpha value is -0.870. The zero-order chi connectivity index (χ0) is 14.0. The molecule has 0 saturated heterocycles. The van der Waals surface area contributed by atoms with Crippen molar-refractivity contribution in [3.05, 3.63) is 18.0 Å². The van der Waals surface area contributed by atoms with E-state index in [9.17, 15) is 0 Å². The Bertz CT molecular complexity index is 399. The van der Waals surface area contributed by atoms with Gasteiger partial charge in [0.15, 0.2) is 0 Å². The van der Waals surface area contributed by atoms with Crippen molar-refractivity contribution in [2.45, 2.75) is 57.7 Å². The van der Waals surface area contributed by atoms with Gasteiger partial charge >= 0.3 is 0 Å². The van der Waals surface area contributed by atoms with E-state index < -0.39 is 0 Å². The molecule has 4 unspecified atom stereocenters. The predicted octanol–water partition coefficient (Wildman–Crippen LogP) is 2.32. The van der Waals surface area contributed by atoms with Crippen molar-refractivity contribution in [1.82, 2.24) is 14.7 Å². The number of hydrogen-bond donors (Lipinski definition) is 1. The first kappa shape index (κ1) is 14.5. The van der Waals surface area contributed by atoms with Crippen molar-refractivity contribution in [3.8, 4) is 0 Å². The van der Waals surface area contributed by atoms with E-state index in [1.54, 1.807) is 0 Å². The minimum Gasteiger partial charge on any atom is -0.326 e. The third-order valence-electron chi connectivity index (χ3n) is 4.49. The highest BCUT2D eigenvalue weighted by Crippen LogP contribution is 2.32. The number of rotatable bonds is 4. The van der Waals surface area contributed by atoms with E-state index >= 15 is 0 Å². The van der Waals surface area contributed by atoms with Gasteiger partial charge in [0.2, 0.25) is 0 Å². The monoisotopic (exact) mass is 264 g/mol. The van der Waals surface area contributed by atoms with Crippen LogP contribution in [0.4, 0.5) is 0 Å². The molecule has 1 aromatic rings. The van der Waals surface area contributed by atoms with Crippen LogP contribution in [-0.4, -0.2) is 33.8 Å². The maximum Gasteiger partial charge on any atom is 0.0538 e. The van der Waals surface area contributed by atoms with Crippen LogP contribution >= 0.6 is 0 Å². The third kappa shape index (κ3) is 3.37. The van der Waals surface area contributed by atoms with E-state index in [4.69, 9.17) is 5.73 Å². The molecule has 0 amide bonds. The molecular formula is C15H28N4. The van der Waals surface area contributed by atoms with Gasteiger partial charge in [0.25, 0.3) is 0 Å². The summed E-state index contributed by atoms with van der Waals surface area (Å²) in [5.41, 5.74) is 7.48. The van der Waals surface area contributed by atoms with E-state index in [2.05, 4.69) is 37.1 Å². The molecule has 1 fully saturated rings. The van der Waals surface area contributed by atoms with Crippen molar-refractivity contribution in [3.63, 3.8) is 0 Å². The van der Waals surface area contributed by atoms with Crippen LogP contribution < -0.4 is 5.73 Å². The minimum absolute atomic E-state index is 0.117. The Morgan fingerprint density at radius 2 is 2.21 bits per heavy atom. The molecule has 108 valence electrons. The molecule has 1 heterocycles. The SMILES string of the molecule is CC1CCCC(N(C)C(c2cnn(C)c2)C(C)N)C1. The van der Waals surface area contributed by atoms with Crippen molar-refractivity contribution in [2.24, 2.45) is 18.7 Å². The number of aryl methyl sites for hydroxylation is 1. The fourth-order valence-corrected chi connectivity index (χ4v) is 3.50. The zero-order valence-corrected chi connectivity index (χ0v) is 12.7. The van der Waals surface area contributed by atoms with E-state index in [0.717, 1.165) is 5.92 Å². The van der Waals surface area contributed by atoms with Gasteiger partial charge in [-0.2, -0.15) is 5.10 Å². The summed E-state index contributed by atoms with van der Waals surface area (Å²) in [4.78, 5) is 2.48. The lowest BCUT2D eigenvalue weighted by atomic mass is 9.85. The average molecular weight is 264 g/mol. The van der Waals surface area contributed by atoms with Gasteiger partial charge in [0.05, 0.1) is 12.2 Å². The minimum atomic E-state index is 0.117. The summed E-state index contributed by atoms with van der Waals surface area (Å²) in [6.07, 6.45) is 9.35. The summed E-state index contributed by atoms with van der Waals surface area (Å²) < 4.78 is 1.86. The number of nitrogens with two attached hydrogens (primary N) is 1. The van der Waals surface area contributed by atoms with Gasteiger partial charge in [0, 0.05) is 30.9 Å². The molecule has 0 aliphatic heterocycles. The summed E-state index contributed by atoms with van der Waals surface area (Å²) in [6, 6.07) is 1.04. The van der Waals surface area contributed by atoms with Crippen LogP contribution in [0.15, 0.2) is 12.4 Å². The molecule has 4 atom stereocenters. The maximum absolute atomic E-state index is 6.24. The summed E-state index contributed by atoms with van der Waals surface area (Å²) in [7, 11) is 4.19. The van der Waals surface area contributed by atoms with Gasteiger partial charge in [-0.3, -0.25) is 9.58 Å². The molecule has 2 N–H and O–H groups in total. The highest BCUT2D eigenvalue weighted by Gasteiger charge is 2.30. The summed E-state index contributed by atoms with van der Waals surface area (Å²) in [5, 5.41) is 4.30. The molecule has 0 radical (unpaired) electrons. The highest BCUT2D eigenvalue weighted by molar-refractivity contribution is 5.13. The Morgan fingerprint density at radius 1 is 1.47 bits per heavy atom. The normalized spacial score (nSPS) is 27.5. The van der Waals surface area contributed by atoms with Crippen LogP contribution in [-0.2, 0) is 7.05 Å². The largest absolute Gasteiger partial charge is 0.326 e. The highest BCUT2D eigenvalue weighted by atomic mass is 15.3. The molecule has 1 aromatic heterocycles. The van der Waals surface area contributed by atoms with Gasteiger partial charge in [-0.1, -0.05) is 19.8 Å². The number of hydrogen-bond acceptors (Lipinski definition) is 3. The first-order valence-corrected chi connectivity index (χ1v) is 7.45. The lowest BCUT2D eigenvalue weighted by molar-refractivity contribution is 0.106. The third-order valence-corrected chi connectivity index (χ3v) is 4.49. The standard InChI is InChI=1S/C15H28N4/c1-11-6-5-7-14(8-11)19(4)15(12(2)16)13-9-17-18(3)10-13/h9-12,14-15H,5-8,16H2,1-4H3. The molecule has 2 rings (SSSR count). The topological polar surface area (TPSA) is 47.1 Å². The van der Waals surface area contributed by atoms with Crippen molar-refractivity contribution >= 4 is 0 Å². The van der Waals surface area contributed by atoms with Crippen LogP contribution in [0.3, 0.4) is 0 Å². The van der Waals surface area contributed by atoms with Gasteiger partial charge in [-0.15, -0.1) is 0 Å². The van der Waals surface area contributed by atoms with E-state index in [1.807, 2.05) is 17.9 Å². The Labute approximate surface area is 117 Å². The van der Waals surface area contributed by atoms with Gasteiger partial charge in [-0.25, -0.2) is 0 Å². The first-order valence-electron chi connectivity index (χ1n) is 7.45. The number of aromatic nitrogens is 2. The van der Waals surface area contributed by atoms with Crippen molar-refractivity contribution in [2.75, 3.05) is 7.05 Å². The second kappa shape index (κ2) is 6.06. The molecule has 0 aromatic carbocycles. The van der Waals surface area contributed by atoms with Gasteiger partial charge in [-0.05, 0) is 32.7 Å². The van der Waals surface area contributed by atoms with E-state index in [-0.39, 0.29) is 12.1 Å². The number of nitrogens with zero attached hydrogens (tertiary/aromatic N) is 3. The zero-order valence-electron chi connectivity index (χ0n) is 12.7. The summed E-state index contributed by atoms with van der Waals surface area (Å²) >= 11 is 0. The Balaban J connectivity index is 2.14. The predicted molar refractivity (Wildman–Crippen MR) is 78.8 cm³/mol. The number of likely N-dealkylation sites (N-methyl/N-ethyl adjacent to an activating group) is 1. The first-order chi connectivity index (χ1) is 8.99. The van der Waals surface area contributed by atoms with Crippen LogP contribution in [0.1, 0.15) is 51.1 Å². The van der Waals surface area contributed by atoms with Crippen molar-refractivity contribution in [1.29, 1.82) is 0 Å². The van der Waals surface area contributed by atoms with Crippen LogP contribution in [0.5, 0.6) is 0 Å². The van der Waals surface area contributed by atoms with E-state index in [0.29, 0.717) is 6.04 Å². The molecule has 1 aliphatic rings. The molecular weight excluding hydrogens is 236 g/mol. The van der Waals surface area contributed by atoms with Crippen molar-refractivity contribution < 1.29 is 0 Å². The lowest BCUT2D eigenvalue weighted by Gasteiger charge is -2.40. The lowest BCUT2D eigenvalue weighted by Crippen LogP contribution is -2.44. The quantitative estimate of drug-likeness (QED) is 0.908. The average Bonchev–Trinajstić information content (AvgIpc) is 2.75. The second-order valence-electron chi connectivity index (χ2n) is 6.34. The van der Waals surface area contributed by atoms with Crippen LogP contribution in [0.2, 0.25) is 0 Å². The molecule has 19 heavy (non-hydrogen) atoms. The molecule has 0 spiro atoms. The van der Waals surface area contributed by atoms with E-state index in [1.165, 1.54) is 31.2 Å². The second-order valence-corrected chi connectivity index (χ2v) is 6.34. The van der Waals surface area contributed by atoms with Gasteiger partial charge in [0.1, 0.15) is 0 Å². The molecule has 1 saturated carbocycles. The Morgan fingerprint density at radius 3 is 2.74 bits per heavy atom. The fraction of sp³-hybridized carbons (Fsp3) is 0.800. The Kier molecular flexibility index (Phi) is 4.63. The molecule has 0 bridgehead atoms.